The van der Waals surface area contributed by atoms with Crippen molar-refractivity contribution in [3.8, 4) is 0 Å². The van der Waals surface area contributed by atoms with Crippen LogP contribution >= 0.6 is 0 Å². The third kappa shape index (κ3) is 5.18. The van der Waals surface area contributed by atoms with Gasteiger partial charge in [0.25, 0.3) is 0 Å². The number of Topliss-reactive ketones (excluding diaryl/α,β-unsaturated/α-hetero) is 1. The molecule has 1 atom stereocenters. The molecule has 0 unspecified atom stereocenters. The van der Waals surface area contributed by atoms with E-state index in [1.807, 2.05) is 19.1 Å². The van der Waals surface area contributed by atoms with Crippen molar-refractivity contribution in [3.63, 3.8) is 0 Å². The molecule has 0 aromatic heterocycles. The monoisotopic (exact) mass is 370 g/mol. The summed E-state index contributed by atoms with van der Waals surface area (Å²) in [5, 5.41) is 3.14. The molecule has 27 heavy (non-hydrogen) atoms. The number of nitrogens with zero attached hydrogens (tertiary/aromatic N) is 1. The number of carbonyl (C=O) groups is 3. The molecular weight excluding hydrogens is 340 g/mol. The number of amides is 2. The van der Waals surface area contributed by atoms with Crippen LogP contribution in [-0.4, -0.2) is 41.1 Å². The second-order valence-electron chi connectivity index (χ2n) is 7.88. The fourth-order valence-corrected chi connectivity index (χ4v) is 4.13. The van der Waals surface area contributed by atoms with Crippen LogP contribution in [0.25, 0.3) is 0 Å². The molecule has 2 amide bonds. The summed E-state index contributed by atoms with van der Waals surface area (Å²) in [6, 6.07) is 7.31. The molecule has 1 saturated heterocycles. The Morgan fingerprint density at radius 1 is 0.963 bits per heavy atom. The Balaban J connectivity index is 1.51. The van der Waals surface area contributed by atoms with Crippen molar-refractivity contribution < 1.29 is 14.4 Å². The van der Waals surface area contributed by atoms with Crippen LogP contribution < -0.4 is 5.32 Å². The van der Waals surface area contributed by atoms with Gasteiger partial charge in [0.2, 0.25) is 11.8 Å². The predicted octanol–water partition coefficient (Wildman–Crippen LogP) is 3.40. The zero-order chi connectivity index (χ0) is 19.2. The Hall–Kier alpha value is -2.17. The SMILES string of the molecule is Cc1ccc(C(=O)CCC(=O)N2CCC[C@H]2C(=O)NC2CCCCC2)cc1. The van der Waals surface area contributed by atoms with Crippen LogP contribution in [0.2, 0.25) is 0 Å². The summed E-state index contributed by atoms with van der Waals surface area (Å²) in [6.45, 7) is 2.59. The highest BCUT2D eigenvalue weighted by Gasteiger charge is 2.34. The lowest BCUT2D eigenvalue weighted by molar-refractivity contribution is -0.138. The zero-order valence-electron chi connectivity index (χ0n) is 16.2. The lowest BCUT2D eigenvalue weighted by Gasteiger charge is -2.28. The van der Waals surface area contributed by atoms with Gasteiger partial charge in [0.1, 0.15) is 6.04 Å². The normalized spacial score (nSPS) is 20.5. The van der Waals surface area contributed by atoms with Crippen molar-refractivity contribution in [2.24, 2.45) is 0 Å². The first-order valence-corrected chi connectivity index (χ1v) is 10.2. The van der Waals surface area contributed by atoms with Crippen LogP contribution in [0, 0.1) is 6.92 Å². The van der Waals surface area contributed by atoms with Crippen LogP contribution in [0.1, 0.15) is 73.7 Å². The molecule has 5 nitrogen and oxygen atoms in total. The van der Waals surface area contributed by atoms with Crippen molar-refractivity contribution >= 4 is 17.6 Å². The fraction of sp³-hybridized carbons (Fsp3) is 0.591. The molecule has 1 saturated carbocycles. The Labute approximate surface area is 161 Å². The molecule has 2 fully saturated rings. The number of carbonyl (C=O) groups excluding carboxylic acids is 3. The molecule has 2 aliphatic rings. The number of likely N-dealkylation sites (tertiary alicyclic amines) is 1. The third-order valence-electron chi connectivity index (χ3n) is 5.77. The van der Waals surface area contributed by atoms with E-state index in [1.165, 1.54) is 19.3 Å². The minimum absolute atomic E-state index is 0.0161. The summed E-state index contributed by atoms with van der Waals surface area (Å²) < 4.78 is 0. The highest BCUT2D eigenvalue weighted by Crippen LogP contribution is 2.22. The summed E-state index contributed by atoms with van der Waals surface area (Å²) in [6.07, 6.45) is 7.58. The fourth-order valence-electron chi connectivity index (χ4n) is 4.13. The second kappa shape index (κ2) is 9.16. The Bertz CT molecular complexity index is 677. The summed E-state index contributed by atoms with van der Waals surface area (Å²) in [5.41, 5.74) is 1.74. The minimum Gasteiger partial charge on any atom is -0.352 e. The Morgan fingerprint density at radius 2 is 1.67 bits per heavy atom. The highest BCUT2D eigenvalue weighted by atomic mass is 16.2. The summed E-state index contributed by atoms with van der Waals surface area (Å²) in [4.78, 5) is 39.3. The number of aryl methyl sites for hydroxylation is 1. The van der Waals surface area contributed by atoms with Crippen LogP contribution in [0.3, 0.4) is 0 Å². The van der Waals surface area contributed by atoms with E-state index in [9.17, 15) is 14.4 Å². The molecule has 1 aliphatic heterocycles. The molecule has 0 bridgehead atoms. The number of rotatable bonds is 6. The first-order valence-electron chi connectivity index (χ1n) is 10.2. The lowest BCUT2D eigenvalue weighted by atomic mass is 9.95. The van der Waals surface area contributed by atoms with Gasteiger partial charge in [-0.15, -0.1) is 0 Å². The molecule has 1 heterocycles. The molecule has 1 N–H and O–H groups in total. The molecule has 3 rings (SSSR count). The first-order chi connectivity index (χ1) is 13.0. The van der Waals surface area contributed by atoms with E-state index in [0.29, 0.717) is 12.1 Å². The van der Waals surface area contributed by atoms with Crippen molar-refractivity contribution in [1.29, 1.82) is 0 Å². The summed E-state index contributed by atoms with van der Waals surface area (Å²) in [7, 11) is 0. The van der Waals surface area contributed by atoms with Crippen molar-refractivity contribution in [1.82, 2.24) is 10.2 Å². The maximum Gasteiger partial charge on any atom is 0.243 e. The largest absolute Gasteiger partial charge is 0.352 e. The molecule has 146 valence electrons. The van der Waals surface area contributed by atoms with Gasteiger partial charge in [-0.3, -0.25) is 14.4 Å². The molecule has 5 heteroatoms. The minimum atomic E-state index is -0.367. The van der Waals surface area contributed by atoms with E-state index in [1.54, 1.807) is 17.0 Å². The summed E-state index contributed by atoms with van der Waals surface area (Å²) in [5.74, 6) is -0.125. The molecule has 1 aromatic carbocycles. The molecule has 0 radical (unpaired) electrons. The van der Waals surface area contributed by atoms with E-state index in [2.05, 4.69) is 5.32 Å². The standard InChI is InChI=1S/C22H30N2O3/c1-16-9-11-17(12-10-16)20(25)13-14-21(26)24-15-5-8-19(24)22(27)23-18-6-3-2-4-7-18/h9-12,18-19H,2-8,13-15H2,1H3,(H,23,27)/t19-/m0/s1. The van der Waals surface area contributed by atoms with Gasteiger partial charge >= 0.3 is 0 Å². The van der Waals surface area contributed by atoms with Crippen molar-refractivity contribution in [2.75, 3.05) is 6.54 Å². The average molecular weight is 370 g/mol. The van der Waals surface area contributed by atoms with Crippen molar-refractivity contribution in [3.05, 3.63) is 35.4 Å². The average Bonchev–Trinajstić information content (AvgIpc) is 3.17. The van der Waals surface area contributed by atoms with Crippen LogP contribution in [0.4, 0.5) is 0 Å². The topological polar surface area (TPSA) is 66.5 Å². The van der Waals surface area contributed by atoms with Crippen LogP contribution in [0.15, 0.2) is 24.3 Å². The maximum atomic E-state index is 12.6. The van der Waals surface area contributed by atoms with Gasteiger partial charge in [-0.05, 0) is 32.6 Å². The molecular formula is C22H30N2O3. The third-order valence-corrected chi connectivity index (χ3v) is 5.77. The van der Waals surface area contributed by atoms with Crippen LogP contribution in [-0.2, 0) is 9.59 Å². The molecule has 1 aromatic rings. The van der Waals surface area contributed by atoms with Gasteiger partial charge in [-0.1, -0.05) is 49.1 Å². The predicted molar refractivity (Wildman–Crippen MR) is 104 cm³/mol. The lowest BCUT2D eigenvalue weighted by Crippen LogP contribution is -2.49. The number of nitrogens with one attached hydrogen (secondary N) is 1. The zero-order valence-corrected chi connectivity index (χ0v) is 16.2. The van der Waals surface area contributed by atoms with E-state index >= 15 is 0 Å². The number of hydrogen-bond acceptors (Lipinski definition) is 3. The highest BCUT2D eigenvalue weighted by molar-refractivity contribution is 5.98. The van der Waals surface area contributed by atoms with Gasteiger partial charge in [-0.25, -0.2) is 0 Å². The molecule has 0 spiro atoms. The van der Waals surface area contributed by atoms with E-state index < -0.39 is 0 Å². The van der Waals surface area contributed by atoms with Gasteiger partial charge in [0.15, 0.2) is 5.78 Å². The smallest absolute Gasteiger partial charge is 0.243 e. The number of hydrogen-bond donors (Lipinski definition) is 1. The van der Waals surface area contributed by atoms with Crippen molar-refractivity contribution in [2.45, 2.75) is 76.8 Å². The Kier molecular flexibility index (Phi) is 6.64. The van der Waals surface area contributed by atoms with Gasteiger partial charge in [-0.2, -0.15) is 0 Å². The van der Waals surface area contributed by atoms with Gasteiger partial charge in [0, 0.05) is 31.0 Å². The Morgan fingerprint density at radius 3 is 2.37 bits per heavy atom. The van der Waals surface area contributed by atoms with E-state index in [-0.39, 0.29) is 42.5 Å². The van der Waals surface area contributed by atoms with E-state index in [4.69, 9.17) is 0 Å². The number of benzene rings is 1. The van der Waals surface area contributed by atoms with Crippen LogP contribution in [0.5, 0.6) is 0 Å². The number of ketones is 1. The van der Waals surface area contributed by atoms with E-state index in [0.717, 1.165) is 31.2 Å². The van der Waals surface area contributed by atoms with Gasteiger partial charge in [0.05, 0.1) is 0 Å². The second-order valence-corrected chi connectivity index (χ2v) is 7.88. The quantitative estimate of drug-likeness (QED) is 0.781. The summed E-state index contributed by atoms with van der Waals surface area (Å²) >= 11 is 0. The maximum absolute atomic E-state index is 12.6. The molecule has 1 aliphatic carbocycles. The first kappa shape index (κ1) is 19.6. The van der Waals surface area contributed by atoms with Gasteiger partial charge < -0.3 is 10.2 Å².